The zero-order chi connectivity index (χ0) is 14.1. The van der Waals surface area contributed by atoms with Gasteiger partial charge < -0.3 is 15.1 Å². The summed E-state index contributed by atoms with van der Waals surface area (Å²) in [6.07, 6.45) is 4.04. The van der Waals surface area contributed by atoms with Crippen molar-refractivity contribution in [3.63, 3.8) is 0 Å². The summed E-state index contributed by atoms with van der Waals surface area (Å²) in [4.78, 5) is 4.26. The summed E-state index contributed by atoms with van der Waals surface area (Å²) >= 11 is 4.52. The number of benzene rings is 1. The van der Waals surface area contributed by atoms with Gasteiger partial charge in [-0.25, -0.2) is 4.39 Å². The van der Waals surface area contributed by atoms with Crippen LogP contribution in [0.1, 0.15) is 17.7 Å². The van der Waals surface area contributed by atoms with E-state index in [1.54, 1.807) is 6.07 Å². The minimum absolute atomic E-state index is 0.0284. The van der Waals surface area contributed by atoms with Crippen LogP contribution in [0.25, 0.3) is 0 Å². The lowest BCUT2D eigenvalue weighted by Crippen LogP contribution is -2.44. The van der Waals surface area contributed by atoms with Crippen LogP contribution in [-0.2, 0) is 0 Å². The van der Waals surface area contributed by atoms with Crippen LogP contribution in [0.15, 0.2) is 24.4 Å². The average molecular weight is 293 g/mol. The van der Waals surface area contributed by atoms with E-state index in [1.165, 1.54) is 0 Å². The first-order chi connectivity index (χ1) is 9.70. The zero-order valence-electron chi connectivity index (χ0n) is 11.6. The number of halogens is 1. The van der Waals surface area contributed by atoms with E-state index in [0.717, 1.165) is 44.0 Å². The lowest BCUT2D eigenvalue weighted by Gasteiger charge is -2.33. The molecule has 2 heterocycles. The van der Waals surface area contributed by atoms with Crippen LogP contribution in [0.3, 0.4) is 0 Å². The first-order valence-electron chi connectivity index (χ1n) is 7.13. The molecule has 1 saturated heterocycles. The molecule has 1 atom stereocenters. The first-order valence-corrected chi connectivity index (χ1v) is 7.64. The topological polar surface area (TPSA) is 18.5 Å². The van der Waals surface area contributed by atoms with Gasteiger partial charge in [0.1, 0.15) is 5.82 Å². The number of hydrogen-bond acceptors (Lipinski definition) is 4. The van der Waals surface area contributed by atoms with Crippen LogP contribution in [0, 0.1) is 5.82 Å². The third kappa shape index (κ3) is 2.40. The minimum Gasteiger partial charge on any atom is -0.367 e. The fraction of sp³-hybridized carbons (Fsp3) is 0.467. The number of nitrogens with one attached hydrogen (secondary N) is 1. The Kier molecular flexibility index (Phi) is 3.89. The van der Waals surface area contributed by atoms with Crippen molar-refractivity contribution in [2.75, 3.05) is 42.5 Å². The molecule has 0 amide bonds. The molecule has 1 N–H and O–H groups in total. The smallest absolute Gasteiger partial charge is 0.146 e. The Hall–Kier alpha value is -1.20. The van der Waals surface area contributed by atoms with Crippen molar-refractivity contribution in [2.24, 2.45) is 0 Å². The van der Waals surface area contributed by atoms with Gasteiger partial charge in [-0.3, -0.25) is 0 Å². The molecule has 0 aromatic heterocycles. The molecule has 20 heavy (non-hydrogen) atoms. The van der Waals surface area contributed by atoms with Gasteiger partial charge in [0.2, 0.25) is 0 Å². The maximum Gasteiger partial charge on any atom is 0.146 e. The molecule has 3 nitrogen and oxygen atoms in total. The molecule has 0 aliphatic carbocycles. The van der Waals surface area contributed by atoms with E-state index in [0.29, 0.717) is 5.69 Å². The number of rotatable bonds is 2. The van der Waals surface area contributed by atoms with Crippen LogP contribution in [0.5, 0.6) is 0 Å². The Labute approximate surface area is 124 Å². The van der Waals surface area contributed by atoms with Gasteiger partial charge in [0.25, 0.3) is 0 Å². The SMILES string of the molecule is CCN1C=CC(S)c2cc(F)c(N3CCNCC3)cc21. The average Bonchev–Trinajstić information content (AvgIpc) is 2.49. The second-order valence-corrected chi connectivity index (χ2v) is 5.73. The van der Waals surface area contributed by atoms with Gasteiger partial charge in [-0.05, 0) is 24.6 Å². The number of anilines is 2. The van der Waals surface area contributed by atoms with Crippen molar-refractivity contribution in [1.29, 1.82) is 0 Å². The van der Waals surface area contributed by atoms with Crippen LogP contribution in [0.2, 0.25) is 0 Å². The van der Waals surface area contributed by atoms with E-state index >= 15 is 0 Å². The molecular formula is C15H20FN3S. The zero-order valence-corrected chi connectivity index (χ0v) is 12.5. The Balaban J connectivity index is 2.01. The molecule has 0 radical (unpaired) electrons. The molecule has 5 heteroatoms. The summed E-state index contributed by atoms with van der Waals surface area (Å²) in [5.41, 5.74) is 2.73. The third-order valence-electron chi connectivity index (χ3n) is 3.97. The van der Waals surface area contributed by atoms with Gasteiger partial charge in [-0.1, -0.05) is 6.08 Å². The summed E-state index contributed by atoms with van der Waals surface area (Å²) in [7, 11) is 0. The number of fused-ring (bicyclic) bond motifs is 1. The Morgan fingerprint density at radius 3 is 2.75 bits per heavy atom. The van der Waals surface area contributed by atoms with Gasteiger partial charge in [-0.2, -0.15) is 12.6 Å². The molecule has 2 aliphatic heterocycles. The van der Waals surface area contributed by atoms with E-state index in [-0.39, 0.29) is 11.1 Å². The molecule has 0 saturated carbocycles. The summed E-state index contributed by atoms with van der Waals surface area (Å²) in [5.74, 6) is -0.143. The van der Waals surface area contributed by atoms with Crippen LogP contribution < -0.4 is 15.1 Å². The Morgan fingerprint density at radius 1 is 1.30 bits per heavy atom. The monoisotopic (exact) mass is 293 g/mol. The maximum absolute atomic E-state index is 14.4. The number of thiol groups is 1. The fourth-order valence-corrected chi connectivity index (χ4v) is 3.13. The second-order valence-electron chi connectivity index (χ2n) is 5.17. The lowest BCUT2D eigenvalue weighted by molar-refractivity contribution is 0.565. The van der Waals surface area contributed by atoms with Crippen molar-refractivity contribution >= 4 is 24.0 Å². The van der Waals surface area contributed by atoms with Crippen LogP contribution in [-0.4, -0.2) is 32.7 Å². The van der Waals surface area contributed by atoms with Crippen molar-refractivity contribution in [3.8, 4) is 0 Å². The summed E-state index contributed by atoms with van der Waals surface area (Å²) in [5, 5.41) is 3.27. The molecule has 1 unspecified atom stereocenters. The number of nitrogens with zero attached hydrogens (tertiary/aromatic N) is 2. The Morgan fingerprint density at radius 2 is 2.05 bits per heavy atom. The molecule has 1 fully saturated rings. The van der Waals surface area contributed by atoms with Gasteiger partial charge in [-0.15, -0.1) is 0 Å². The molecule has 3 rings (SSSR count). The van der Waals surface area contributed by atoms with E-state index in [4.69, 9.17) is 0 Å². The van der Waals surface area contributed by atoms with E-state index in [9.17, 15) is 4.39 Å². The molecular weight excluding hydrogens is 273 g/mol. The number of piperazine rings is 1. The van der Waals surface area contributed by atoms with Gasteiger partial charge in [0.05, 0.1) is 5.69 Å². The summed E-state index contributed by atoms with van der Waals surface area (Å²) < 4.78 is 14.4. The van der Waals surface area contributed by atoms with Crippen molar-refractivity contribution in [3.05, 3.63) is 35.8 Å². The molecule has 2 aliphatic rings. The van der Waals surface area contributed by atoms with E-state index in [2.05, 4.69) is 34.7 Å². The highest BCUT2D eigenvalue weighted by atomic mass is 32.1. The van der Waals surface area contributed by atoms with Crippen molar-refractivity contribution in [2.45, 2.75) is 12.2 Å². The first kappa shape index (κ1) is 13.8. The third-order valence-corrected chi connectivity index (χ3v) is 4.42. The lowest BCUT2D eigenvalue weighted by atomic mass is 10.0. The largest absolute Gasteiger partial charge is 0.367 e. The van der Waals surface area contributed by atoms with E-state index < -0.39 is 0 Å². The standard InChI is InChI=1S/C15H20FN3S/c1-2-18-6-3-15(20)11-9-12(16)14(10-13(11)18)19-7-4-17-5-8-19/h3,6,9-10,15,17,20H,2,4-5,7-8H2,1H3. The normalized spacial score (nSPS) is 22.1. The quantitative estimate of drug-likeness (QED) is 0.817. The summed E-state index contributed by atoms with van der Waals surface area (Å²) in [6.45, 7) is 6.48. The van der Waals surface area contributed by atoms with Gasteiger partial charge in [0.15, 0.2) is 0 Å². The number of hydrogen-bond donors (Lipinski definition) is 2. The highest BCUT2D eigenvalue weighted by Crippen LogP contribution is 2.39. The predicted molar refractivity (Wildman–Crippen MR) is 85.4 cm³/mol. The minimum atomic E-state index is -0.143. The van der Waals surface area contributed by atoms with Crippen molar-refractivity contribution in [1.82, 2.24) is 5.32 Å². The highest BCUT2D eigenvalue weighted by Gasteiger charge is 2.23. The van der Waals surface area contributed by atoms with E-state index in [1.807, 2.05) is 18.3 Å². The predicted octanol–water partition coefficient (Wildman–Crippen LogP) is 2.56. The molecule has 0 spiro atoms. The fourth-order valence-electron chi connectivity index (χ4n) is 2.85. The second kappa shape index (κ2) is 5.66. The van der Waals surface area contributed by atoms with Crippen LogP contribution in [0.4, 0.5) is 15.8 Å². The van der Waals surface area contributed by atoms with Crippen molar-refractivity contribution < 1.29 is 4.39 Å². The molecule has 1 aromatic carbocycles. The van der Waals surface area contributed by atoms with Crippen LogP contribution >= 0.6 is 12.6 Å². The molecule has 0 bridgehead atoms. The Bertz CT molecular complexity index is 526. The maximum atomic E-state index is 14.4. The van der Waals surface area contributed by atoms with Gasteiger partial charge >= 0.3 is 0 Å². The molecule has 108 valence electrons. The highest BCUT2D eigenvalue weighted by molar-refractivity contribution is 7.80. The van der Waals surface area contributed by atoms with Gasteiger partial charge in [0, 0.05) is 49.9 Å². The summed E-state index contributed by atoms with van der Waals surface area (Å²) in [6, 6.07) is 3.63. The molecule has 1 aromatic rings.